The lowest BCUT2D eigenvalue weighted by Gasteiger charge is -2.13. The number of hydrogen-bond donors (Lipinski definition) is 1. The number of amides is 1. The Hall–Kier alpha value is -3.39. The maximum atomic E-state index is 12.3. The first kappa shape index (κ1) is 20.9. The summed E-state index contributed by atoms with van der Waals surface area (Å²) in [7, 11) is 0. The first-order valence-corrected chi connectivity index (χ1v) is 9.10. The molecule has 2 rings (SSSR count). The molecule has 0 aromatic heterocycles. The molecule has 2 aromatic rings. The second kappa shape index (κ2) is 9.52. The number of ether oxygens (including phenoxy) is 1. The average molecular weight is 376 g/mol. The van der Waals surface area contributed by atoms with E-state index in [1.165, 1.54) is 18.6 Å². The van der Waals surface area contributed by atoms with Gasteiger partial charge >= 0.3 is 5.97 Å². The molecule has 0 fully saturated rings. The second-order valence-electron chi connectivity index (χ2n) is 6.89. The van der Waals surface area contributed by atoms with E-state index < -0.39 is 18.0 Å². The molecule has 0 saturated heterocycles. The van der Waals surface area contributed by atoms with E-state index in [0.717, 1.165) is 11.1 Å². The Balaban J connectivity index is 2.02. The van der Waals surface area contributed by atoms with Crippen molar-refractivity contribution < 1.29 is 14.3 Å². The Kier molecular flexibility index (Phi) is 7.11. The Morgan fingerprint density at radius 3 is 2.18 bits per heavy atom. The third-order valence-corrected chi connectivity index (χ3v) is 4.23. The Morgan fingerprint density at radius 1 is 1.04 bits per heavy atom. The lowest BCUT2D eigenvalue weighted by Crippen LogP contribution is -2.30. The van der Waals surface area contributed by atoms with Crippen molar-refractivity contribution in [2.24, 2.45) is 0 Å². The number of benzene rings is 2. The summed E-state index contributed by atoms with van der Waals surface area (Å²) in [6, 6.07) is 16.7. The fourth-order valence-electron chi connectivity index (χ4n) is 2.44. The number of rotatable bonds is 6. The van der Waals surface area contributed by atoms with Crippen molar-refractivity contribution in [2.45, 2.75) is 39.7 Å². The number of nitrogens with one attached hydrogen (secondary N) is 1. The van der Waals surface area contributed by atoms with Crippen molar-refractivity contribution in [3.05, 3.63) is 70.8 Å². The molecule has 1 amide bonds. The highest BCUT2D eigenvalue weighted by Crippen LogP contribution is 2.17. The molecule has 5 heteroatoms. The normalized spacial score (nSPS) is 12.2. The molecule has 0 radical (unpaired) electrons. The molecule has 0 spiro atoms. The van der Waals surface area contributed by atoms with Crippen LogP contribution in [0.2, 0.25) is 0 Å². The average Bonchev–Trinajstić information content (AvgIpc) is 2.68. The summed E-state index contributed by atoms with van der Waals surface area (Å²) in [5.41, 5.74) is 3.41. The van der Waals surface area contributed by atoms with Crippen LogP contribution in [-0.2, 0) is 14.3 Å². The van der Waals surface area contributed by atoms with Crippen molar-refractivity contribution in [3.63, 3.8) is 0 Å². The summed E-state index contributed by atoms with van der Waals surface area (Å²) in [4.78, 5) is 24.5. The van der Waals surface area contributed by atoms with Gasteiger partial charge in [-0.3, -0.25) is 4.79 Å². The van der Waals surface area contributed by atoms with Gasteiger partial charge in [0.15, 0.2) is 6.10 Å². The van der Waals surface area contributed by atoms with Crippen LogP contribution in [0.4, 0.5) is 5.69 Å². The van der Waals surface area contributed by atoms with Crippen molar-refractivity contribution in [2.75, 3.05) is 5.32 Å². The first-order valence-electron chi connectivity index (χ1n) is 9.10. The molecule has 2 aromatic carbocycles. The second-order valence-corrected chi connectivity index (χ2v) is 6.89. The van der Waals surface area contributed by atoms with Crippen LogP contribution in [0.1, 0.15) is 43.4 Å². The summed E-state index contributed by atoms with van der Waals surface area (Å²) < 4.78 is 5.15. The minimum absolute atomic E-state index is 0.160. The zero-order valence-electron chi connectivity index (χ0n) is 16.5. The summed E-state index contributed by atoms with van der Waals surface area (Å²) in [5.74, 6) is -0.899. The van der Waals surface area contributed by atoms with E-state index in [-0.39, 0.29) is 5.57 Å². The van der Waals surface area contributed by atoms with Crippen LogP contribution in [0, 0.1) is 18.3 Å². The lowest BCUT2D eigenvalue weighted by molar-refractivity contribution is -0.148. The van der Waals surface area contributed by atoms with Gasteiger partial charge in [-0.1, -0.05) is 55.8 Å². The van der Waals surface area contributed by atoms with Crippen LogP contribution < -0.4 is 5.32 Å². The van der Waals surface area contributed by atoms with Crippen LogP contribution in [0.3, 0.4) is 0 Å². The fraction of sp³-hybridized carbons (Fsp3) is 0.261. The van der Waals surface area contributed by atoms with Crippen LogP contribution >= 0.6 is 0 Å². The molecule has 0 aliphatic heterocycles. The highest BCUT2D eigenvalue weighted by molar-refractivity contribution is 6.01. The third-order valence-electron chi connectivity index (χ3n) is 4.23. The molecule has 0 aliphatic rings. The van der Waals surface area contributed by atoms with Crippen molar-refractivity contribution in [1.82, 2.24) is 0 Å². The summed E-state index contributed by atoms with van der Waals surface area (Å²) in [6.45, 7) is 7.59. The Morgan fingerprint density at radius 2 is 1.64 bits per heavy atom. The fourth-order valence-corrected chi connectivity index (χ4v) is 2.44. The number of aryl methyl sites for hydroxylation is 1. The molecule has 0 unspecified atom stereocenters. The molecule has 0 bridgehead atoms. The first-order chi connectivity index (χ1) is 13.3. The number of nitrogens with zero attached hydrogens (tertiary/aromatic N) is 1. The van der Waals surface area contributed by atoms with Crippen LogP contribution in [0.5, 0.6) is 0 Å². The molecule has 1 N–H and O–H groups in total. The van der Waals surface area contributed by atoms with Gasteiger partial charge < -0.3 is 10.1 Å². The van der Waals surface area contributed by atoms with Gasteiger partial charge in [-0.25, -0.2) is 4.79 Å². The maximum Gasteiger partial charge on any atom is 0.349 e. The summed E-state index contributed by atoms with van der Waals surface area (Å²) in [5, 5.41) is 12.0. The minimum atomic E-state index is -1.03. The Bertz CT molecular complexity index is 904. The quantitative estimate of drug-likeness (QED) is 0.454. The molecule has 28 heavy (non-hydrogen) atoms. The van der Waals surface area contributed by atoms with Gasteiger partial charge in [0.05, 0.1) is 0 Å². The number of nitriles is 1. The maximum absolute atomic E-state index is 12.3. The highest BCUT2D eigenvalue weighted by Gasteiger charge is 2.20. The molecule has 5 nitrogen and oxygen atoms in total. The van der Waals surface area contributed by atoms with Gasteiger partial charge in [0.1, 0.15) is 11.6 Å². The minimum Gasteiger partial charge on any atom is -0.448 e. The standard InChI is InChI=1S/C23H24N2O3/c1-15(2)19-9-7-18(8-10-19)13-20(14-24)23(27)28-17(4)22(26)25-21-11-5-16(3)6-12-21/h5-13,15,17H,1-4H3,(H,25,26)/b20-13+/t17-/m1/s1. The van der Waals surface area contributed by atoms with E-state index in [1.54, 1.807) is 12.1 Å². The third kappa shape index (κ3) is 5.82. The predicted molar refractivity (Wildman–Crippen MR) is 109 cm³/mol. The van der Waals surface area contributed by atoms with Gasteiger partial charge in [0.2, 0.25) is 0 Å². The molecule has 144 valence electrons. The van der Waals surface area contributed by atoms with Crippen LogP contribution in [0.15, 0.2) is 54.1 Å². The van der Waals surface area contributed by atoms with E-state index >= 15 is 0 Å². The number of hydrogen-bond acceptors (Lipinski definition) is 4. The predicted octanol–water partition coefficient (Wildman–Crippen LogP) is 4.60. The number of esters is 1. The lowest BCUT2D eigenvalue weighted by atomic mass is 10.0. The molecule has 0 aliphatic carbocycles. The highest BCUT2D eigenvalue weighted by atomic mass is 16.5. The monoisotopic (exact) mass is 376 g/mol. The topological polar surface area (TPSA) is 79.2 Å². The van der Waals surface area contributed by atoms with E-state index in [2.05, 4.69) is 19.2 Å². The van der Waals surface area contributed by atoms with Gasteiger partial charge in [0.25, 0.3) is 5.91 Å². The summed E-state index contributed by atoms with van der Waals surface area (Å²) in [6.07, 6.45) is 0.422. The van der Waals surface area contributed by atoms with Crippen molar-refractivity contribution in [3.8, 4) is 6.07 Å². The van der Waals surface area contributed by atoms with Gasteiger partial charge in [-0.15, -0.1) is 0 Å². The smallest absolute Gasteiger partial charge is 0.349 e. The largest absolute Gasteiger partial charge is 0.448 e. The molecule has 1 atom stereocenters. The Labute approximate surface area is 165 Å². The van der Waals surface area contributed by atoms with E-state index in [4.69, 9.17) is 4.74 Å². The van der Waals surface area contributed by atoms with Crippen LogP contribution in [0.25, 0.3) is 6.08 Å². The zero-order chi connectivity index (χ0) is 20.7. The SMILES string of the molecule is Cc1ccc(NC(=O)[C@@H](C)OC(=O)/C(C#N)=C/c2ccc(C(C)C)cc2)cc1. The molecular formula is C23H24N2O3. The van der Waals surface area contributed by atoms with Gasteiger partial charge in [-0.2, -0.15) is 5.26 Å². The summed E-state index contributed by atoms with van der Waals surface area (Å²) >= 11 is 0. The van der Waals surface area contributed by atoms with Crippen LogP contribution in [-0.4, -0.2) is 18.0 Å². The number of anilines is 1. The van der Waals surface area contributed by atoms with E-state index in [0.29, 0.717) is 11.6 Å². The van der Waals surface area contributed by atoms with Crippen molar-refractivity contribution >= 4 is 23.6 Å². The van der Waals surface area contributed by atoms with E-state index in [1.807, 2.05) is 49.4 Å². The zero-order valence-corrected chi connectivity index (χ0v) is 16.5. The van der Waals surface area contributed by atoms with Gasteiger partial charge in [0, 0.05) is 5.69 Å². The van der Waals surface area contributed by atoms with E-state index in [9.17, 15) is 14.9 Å². The molecular weight excluding hydrogens is 352 g/mol. The van der Waals surface area contributed by atoms with Gasteiger partial charge in [-0.05, 0) is 49.1 Å². The van der Waals surface area contributed by atoms with Crippen molar-refractivity contribution in [1.29, 1.82) is 5.26 Å². The number of carbonyl (C=O) groups is 2. The molecule has 0 heterocycles. The number of carbonyl (C=O) groups excluding carboxylic acids is 2. The molecule has 0 saturated carbocycles.